The summed E-state index contributed by atoms with van der Waals surface area (Å²) in [5.41, 5.74) is 8.70. The predicted octanol–water partition coefficient (Wildman–Crippen LogP) is 6.20. The average Bonchev–Trinajstić information content (AvgIpc) is 3.61. The predicted molar refractivity (Wildman–Crippen MR) is 146 cm³/mol. The Hall–Kier alpha value is -5.37. The van der Waals surface area contributed by atoms with Crippen molar-refractivity contribution in [3.63, 3.8) is 0 Å². The monoisotopic (exact) mass is 495 g/mol. The van der Waals surface area contributed by atoms with Gasteiger partial charge in [-0.25, -0.2) is 9.97 Å². The molecule has 8 nitrogen and oxygen atoms in total. The van der Waals surface area contributed by atoms with E-state index in [4.69, 9.17) is 14.7 Å². The van der Waals surface area contributed by atoms with Crippen LogP contribution in [0.1, 0.15) is 5.56 Å². The van der Waals surface area contributed by atoms with Gasteiger partial charge in [-0.05, 0) is 35.9 Å². The Labute approximate surface area is 217 Å². The minimum atomic E-state index is 0.470. The maximum atomic E-state index is 5.97. The van der Waals surface area contributed by atoms with Crippen LogP contribution in [-0.2, 0) is 6.61 Å². The van der Waals surface area contributed by atoms with Gasteiger partial charge in [0.15, 0.2) is 11.5 Å². The molecular formula is C30H21N7O. The first-order valence-electron chi connectivity index (χ1n) is 12.2. The number of fused-ring (bicyclic) bond motifs is 2. The van der Waals surface area contributed by atoms with Crippen molar-refractivity contribution in [1.29, 1.82) is 0 Å². The van der Waals surface area contributed by atoms with Crippen molar-refractivity contribution in [1.82, 2.24) is 35.1 Å². The first kappa shape index (κ1) is 21.9. The third-order valence-corrected chi connectivity index (χ3v) is 6.37. The SMILES string of the molecule is c1ccc(COc2cncc(-c3ccc4[nH]nc(-c5nc6c(-c7cccnc7)cccc6[nH]5)c4n3)c2)cc1. The van der Waals surface area contributed by atoms with Crippen LogP contribution in [0.4, 0.5) is 0 Å². The van der Waals surface area contributed by atoms with Crippen LogP contribution in [0.2, 0.25) is 0 Å². The largest absolute Gasteiger partial charge is 0.487 e. The van der Waals surface area contributed by atoms with Crippen LogP contribution >= 0.6 is 0 Å². The summed E-state index contributed by atoms with van der Waals surface area (Å²) in [6.07, 6.45) is 7.10. The maximum Gasteiger partial charge on any atom is 0.161 e. The molecule has 38 heavy (non-hydrogen) atoms. The molecular weight excluding hydrogens is 474 g/mol. The lowest BCUT2D eigenvalue weighted by molar-refractivity contribution is 0.305. The second kappa shape index (κ2) is 9.25. The van der Waals surface area contributed by atoms with Gasteiger partial charge in [-0.15, -0.1) is 0 Å². The number of H-pyrrole nitrogens is 2. The summed E-state index contributed by atoms with van der Waals surface area (Å²) in [6, 6.07) is 25.9. The normalized spacial score (nSPS) is 11.3. The molecule has 182 valence electrons. The van der Waals surface area contributed by atoms with Gasteiger partial charge in [0.05, 0.1) is 28.4 Å². The number of benzene rings is 2. The van der Waals surface area contributed by atoms with E-state index in [1.54, 1.807) is 18.6 Å². The molecule has 0 aliphatic rings. The third kappa shape index (κ3) is 4.04. The van der Waals surface area contributed by atoms with Gasteiger partial charge in [-0.3, -0.25) is 15.1 Å². The molecule has 7 rings (SSSR count). The van der Waals surface area contributed by atoms with Crippen LogP contribution in [0, 0.1) is 0 Å². The summed E-state index contributed by atoms with van der Waals surface area (Å²) in [7, 11) is 0. The highest BCUT2D eigenvalue weighted by atomic mass is 16.5. The van der Waals surface area contributed by atoms with Gasteiger partial charge >= 0.3 is 0 Å². The fourth-order valence-electron chi connectivity index (χ4n) is 4.50. The Bertz CT molecular complexity index is 1880. The van der Waals surface area contributed by atoms with E-state index in [2.05, 4.69) is 25.1 Å². The molecule has 0 spiro atoms. The molecule has 8 heteroatoms. The van der Waals surface area contributed by atoms with Gasteiger partial charge in [-0.1, -0.05) is 48.5 Å². The number of nitrogens with one attached hydrogen (secondary N) is 2. The Morgan fingerprint density at radius 3 is 2.53 bits per heavy atom. The number of pyridine rings is 3. The molecule has 0 bridgehead atoms. The van der Waals surface area contributed by atoms with Crippen LogP contribution in [0.15, 0.2) is 104 Å². The van der Waals surface area contributed by atoms with Crippen molar-refractivity contribution in [2.24, 2.45) is 0 Å². The first-order valence-corrected chi connectivity index (χ1v) is 12.2. The third-order valence-electron chi connectivity index (χ3n) is 6.37. The minimum absolute atomic E-state index is 0.470. The number of hydrogen-bond donors (Lipinski definition) is 2. The summed E-state index contributed by atoms with van der Waals surface area (Å²) in [4.78, 5) is 21.9. The number of aromatic nitrogens is 7. The molecule has 0 amide bonds. The summed E-state index contributed by atoms with van der Waals surface area (Å²) in [5.74, 6) is 1.33. The number of imidazole rings is 1. The average molecular weight is 496 g/mol. The highest BCUT2D eigenvalue weighted by molar-refractivity contribution is 5.96. The highest BCUT2D eigenvalue weighted by Crippen LogP contribution is 2.32. The zero-order chi connectivity index (χ0) is 25.3. The second-order valence-electron chi connectivity index (χ2n) is 8.88. The lowest BCUT2D eigenvalue weighted by Gasteiger charge is -2.08. The zero-order valence-electron chi connectivity index (χ0n) is 20.2. The van der Waals surface area contributed by atoms with Gasteiger partial charge in [-0.2, -0.15) is 5.10 Å². The van der Waals surface area contributed by atoms with Crippen molar-refractivity contribution in [2.75, 3.05) is 0 Å². The summed E-state index contributed by atoms with van der Waals surface area (Å²) in [6.45, 7) is 0.470. The van der Waals surface area contributed by atoms with Gasteiger partial charge in [0, 0.05) is 35.3 Å². The number of ether oxygens (including phenoxy) is 1. The molecule has 0 saturated heterocycles. The molecule has 2 aromatic carbocycles. The van der Waals surface area contributed by atoms with Gasteiger partial charge < -0.3 is 9.72 Å². The summed E-state index contributed by atoms with van der Waals surface area (Å²) in [5, 5.41) is 7.63. The quantitative estimate of drug-likeness (QED) is 0.284. The topological polar surface area (TPSA) is 105 Å². The lowest BCUT2D eigenvalue weighted by Crippen LogP contribution is -1.96. The van der Waals surface area contributed by atoms with E-state index in [-0.39, 0.29) is 0 Å². The first-order chi connectivity index (χ1) is 18.8. The van der Waals surface area contributed by atoms with Gasteiger partial charge in [0.25, 0.3) is 0 Å². The molecule has 0 radical (unpaired) electrons. The standard InChI is InChI=1S/C30H21N7O/c1-2-6-19(7-3-1)18-38-22-14-21(16-32-17-22)24-11-12-26-28(33-24)29(37-36-26)30-34-25-10-4-9-23(27(25)35-30)20-8-5-13-31-15-20/h1-17H,18H2,(H,34,35)(H,36,37). The van der Waals surface area contributed by atoms with E-state index in [0.29, 0.717) is 23.9 Å². The molecule has 0 fully saturated rings. The number of rotatable bonds is 6. The smallest absolute Gasteiger partial charge is 0.161 e. The van der Waals surface area contributed by atoms with E-state index >= 15 is 0 Å². The van der Waals surface area contributed by atoms with Crippen LogP contribution in [-0.4, -0.2) is 35.1 Å². The molecule has 0 saturated carbocycles. The molecule has 2 N–H and O–H groups in total. The van der Waals surface area contributed by atoms with Crippen LogP contribution in [0.25, 0.3) is 56.0 Å². The Morgan fingerprint density at radius 1 is 0.711 bits per heavy atom. The second-order valence-corrected chi connectivity index (χ2v) is 8.88. The lowest BCUT2D eigenvalue weighted by atomic mass is 10.1. The van der Waals surface area contributed by atoms with E-state index in [1.165, 1.54) is 0 Å². The van der Waals surface area contributed by atoms with Crippen LogP contribution in [0.5, 0.6) is 5.75 Å². The summed E-state index contributed by atoms with van der Waals surface area (Å²) < 4.78 is 5.97. The number of aromatic amines is 2. The molecule has 7 aromatic rings. The molecule has 0 aliphatic heterocycles. The number of hydrogen-bond acceptors (Lipinski definition) is 6. The van der Waals surface area contributed by atoms with Crippen molar-refractivity contribution in [3.8, 4) is 39.7 Å². The van der Waals surface area contributed by atoms with E-state index in [1.807, 2.05) is 85.1 Å². The van der Waals surface area contributed by atoms with E-state index in [9.17, 15) is 0 Å². The van der Waals surface area contributed by atoms with Crippen molar-refractivity contribution >= 4 is 22.1 Å². The Kier molecular flexibility index (Phi) is 5.33. The molecule has 0 atom stereocenters. The summed E-state index contributed by atoms with van der Waals surface area (Å²) >= 11 is 0. The molecule has 0 aliphatic carbocycles. The molecule has 0 unspecified atom stereocenters. The van der Waals surface area contributed by atoms with Crippen LogP contribution < -0.4 is 4.74 Å². The molecule has 5 heterocycles. The van der Waals surface area contributed by atoms with Gasteiger partial charge in [0.1, 0.15) is 17.9 Å². The van der Waals surface area contributed by atoms with Gasteiger partial charge in [0.2, 0.25) is 0 Å². The van der Waals surface area contributed by atoms with Crippen molar-refractivity contribution < 1.29 is 4.74 Å². The van der Waals surface area contributed by atoms with Crippen molar-refractivity contribution in [2.45, 2.75) is 6.61 Å². The highest BCUT2D eigenvalue weighted by Gasteiger charge is 2.17. The Balaban J connectivity index is 1.24. The molecule has 5 aromatic heterocycles. The fraction of sp³-hybridized carbons (Fsp3) is 0.0333. The zero-order valence-corrected chi connectivity index (χ0v) is 20.2. The van der Waals surface area contributed by atoms with Crippen LogP contribution in [0.3, 0.4) is 0 Å². The van der Waals surface area contributed by atoms with E-state index < -0.39 is 0 Å². The number of para-hydroxylation sites is 1. The maximum absolute atomic E-state index is 5.97. The van der Waals surface area contributed by atoms with E-state index in [0.717, 1.165) is 50.0 Å². The number of nitrogens with zero attached hydrogens (tertiary/aromatic N) is 5. The minimum Gasteiger partial charge on any atom is -0.487 e. The van der Waals surface area contributed by atoms with Crippen molar-refractivity contribution in [3.05, 3.63) is 109 Å². The Morgan fingerprint density at radius 2 is 1.63 bits per heavy atom. The fourth-order valence-corrected chi connectivity index (χ4v) is 4.50.